The van der Waals surface area contributed by atoms with Crippen LogP contribution in [0.4, 0.5) is 8.78 Å². The van der Waals surface area contributed by atoms with Gasteiger partial charge in [0.25, 0.3) is 5.91 Å². The second-order valence-electron chi connectivity index (χ2n) is 5.75. The number of amides is 1. The molecule has 0 spiro atoms. The van der Waals surface area contributed by atoms with E-state index in [9.17, 15) is 13.6 Å². The number of thiazole rings is 1. The molecule has 1 aromatic heterocycles. The predicted octanol–water partition coefficient (Wildman–Crippen LogP) is 3.99. The van der Waals surface area contributed by atoms with Gasteiger partial charge >= 0.3 is 0 Å². The van der Waals surface area contributed by atoms with Gasteiger partial charge in [-0.3, -0.25) is 4.79 Å². The second kappa shape index (κ2) is 9.25. The van der Waals surface area contributed by atoms with Gasteiger partial charge in [0.05, 0.1) is 22.6 Å². The number of rotatable bonds is 7. The van der Waals surface area contributed by atoms with Crippen LogP contribution in [0, 0.1) is 11.6 Å². The third-order valence-corrected chi connectivity index (χ3v) is 5.79. The number of carbonyl (C=O) groups is 1. The molecule has 3 rings (SSSR count). The van der Waals surface area contributed by atoms with Gasteiger partial charge in [-0.25, -0.2) is 8.78 Å². The number of thioether (sulfide) groups is 1. The molecule has 0 unspecified atom stereocenters. The maximum Gasteiger partial charge on any atom is 0.258 e. The Morgan fingerprint density at radius 1 is 1.26 bits per heavy atom. The van der Waals surface area contributed by atoms with Crippen LogP contribution in [0.5, 0.6) is 0 Å². The zero-order chi connectivity index (χ0) is 19.2. The molecule has 8 heteroatoms. The SMILES string of the molecule is COCCn1c(=NC(=O)CSCc2ccccc2)sc2cc(F)cc(F)c21. The Balaban J connectivity index is 1.83. The van der Waals surface area contributed by atoms with Crippen LogP contribution in [0.15, 0.2) is 47.5 Å². The molecule has 3 aromatic rings. The fourth-order valence-corrected chi connectivity index (χ4v) is 4.46. The van der Waals surface area contributed by atoms with Crippen molar-refractivity contribution in [2.45, 2.75) is 12.3 Å². The molecule has 0 aliphatic rings. The summed E-state index contributed by atoms with van der Waals surface area (Å²) in [5.41, 5.74) is 1.37. The van der Waals surface area contributed by atoms with Crippen LogP contribution in [0.1, 0.15) is 5.56 Å². The van der Waals surface area contributed by atoms with Crippen molar-refractivity contribution in [2.24, 2.45) is 4.99 Å². The van der Waals surface area contributed by atoms with Crippen molar-refractivity contribution >= 4 is 39.2 Å². The first-order valence-electron chi connectivity index (χ1n) is 8.25. The summed E-state index contributed by atoms with van der Waals surface area (Å²) in [7, 11) is 1.54. The highest BCUT2D eigenvalue weighted by Gasteiger charge is 2.14. The lowest BCUT2D eigenvalue weighted by Crippen LogP contribution is -2.20. The third kappa shape index (κ3) is 5.03. The Kier molecular flexibility index (Phi) is 6.76. The zero-order valence-corrected chi connectivity index (χ0v) is 16.3. The smallest absolute Gasteiger partial charge is 0.258 e. The van der Waals surface area contributed by atoms with Crippen molar-refractivity contribution in [3.63, 3.8) is 0 Å². The van der Waals surface area contributed by atoms with Crippen LogP contribution >= 0.6 is 23.1 Å². The lowest BCUT2D eigenvalue weighted by Gasteiger charge is -2.05. The lowest BCUT2D eigenvalue weighted by molar-refractivity contribution is -0.115. The summed E-state index contributed by atoms with van der Waals surface area (Å²) in [6, 6.07) is 11.9. The highest BCUT2D eigenvalue weighted by Crippen LogP contribution is 2.22. The molecule has 0 saturated heterocycles. The Bertz CT molecular complexity index is 1000. The first kappa shape index (κ1) is 19.7. The number of ether oxygens (including phenoxy) is 1. The minimum Gasteiger partial charge on any atom is -0.383 e. The number of hydrogen-bond acceptors (Lipinski definition) is 4. The van der Waals surface area contributed by atoms with Crippen LogP contribution in [0.2, 0.25) is 0 Å². The van der Waals surface area contributed by atoms with E-state index < -0.39 is 11.6 Å². The number of methoxy groups -OCH3 is 1. The maximum atomic E-state index is 14.3. The molecule has 0 aliphatic carbocycles. The van der Waals surface area contributed by atoms with Gasteiger partial charge in [0.15, 0.2) is 10.6 Å². The van der Waals surface area contributed by atoms with Crippen LogP contribution in [0.25, 0.3) is 10.2 Å². The molecule has 27 heavy (non-hydrogen) atoms. The second-order valence-corrected chi connectivity index (χ2v) is 7.74. The number of aromatic nitrogens is 1. The van der Waals surface area contributed by atoms with Crippen molar-refractivity contribution in [3.05, 3.63) is 64.5 Å². The number of nitrogens with zero attached hydrogens (tertiary/aromatic N) is 2. The van der Waals surface area contributed by atoms with E-state index in [4.69, 9.17) is 4.74 Å². The molecule has 0 fully saturated rings. The fourth-order valence-electron chi connectivity index (χ4n) is 2.57. The molecular weight excluding hydrogens is 390 g/mol. The van der Waals surface area contributed by atoms with Crippen LogP contribution in [-0.4, -0.2) is 29.9 Å². The van der Waals surface area contributed by atoms with E-state index >= 15 is 0 Å². The molecule has 0 atom stereocenters. The van der Waals surface area contributed by atoms with E-state index in [2.05, 4.69) is 4.99 Å². The van der Waals surface area contributed by atoms with Crippen LogP contribution in [0.3, 0.4) is 0 Å². The van der Waals surface area contributed by atoms with Crippen LogP contribution < -0.4 is 4.80 Å². The van der Waals surface area contributed by atoms with Crippen molar-refractivity contribution in [1.29, 1.82) is 0 Å². The lowest BCUT2D eigenvalue weighted by atomic mass is 10.2. The highest BCUT2D eigenvalue weighted by molar-refractivity contribution is 7.99. The summed E-state index contributed by atoms with van der Waals surface area (Å²) in [6.07, 6.45) is 0. The van der Waals surface area contributed by atoms with E-state index in [0.717, 1.165) is 23.0 Å². The van der Waals surface area contributed by atoms with Crippen molar-refractivity contribution in [3.8, 4) is 0 Å². The molecule has 0 saturated carbocycles. The molecule has 1 amide bonds. The molecular formula is C19H18F2N2O2S2. The van der Waals surface area contributed by atoms with E-state index in [1.807, 2.05) is 30.3 Å². The predicted molar refractivity (Wildman–Crippen MR) is 105 cm³/mol. The average Bonchev–Trinajstić information content (AvgIpc) is 2.97. The maximum absolute atomic E-state index is 14.3. The molecule has 2 aromatic carbocycles. The van der Waals surface area contributed by atoms with Gasteiger partial charge in [-0.05, 0) is 11.6 Å². The van der Waals surface area contributed by atoms with E-state index in [0.29, 0.717) is 28.4 Å². The summed E-state index contributed by atoms with van der Waals surface area (Å²) >= 11 is 2.55. The molecule has 142 valence electrons. The summed E-state index contributed by atoms with van der Waals surface area (Å²) in [6.45, 7) is 0.648. The summed E-state index contributed by atoms with van der Waals surface area (Å²) in [5, 5.41) is 0. The molecule has 0 bridgehead atoms. The quantitative estimate of drug-likeness (QED) is 0.594. The topological polar surface area (TPSA) is 43.6 Å². The Morgan fingerprint density at radius 3 is 2.78 bits per heavy atom. The van der Waals surface area contributed by atoms with E-state index in [-0.39, 0.29) is 17.2 Å². The molecule has 0 aliphatic heterocycles. The zero-order valence-electron chi connectivity index (χ0n) is 14.7. The van der Waals surface area contributed by atoms with Gasteiger partial charge in [0, 0.05) is 25.5 Å². The Morgan fingerprint density at radius 2 is 2.04 bits per heavy atom. The molecule has 0 N–H and O–H groups in total. The number of fused-ring (bicyclic) bond motifs is 1. The fraction of sp³-hybridized carbons (Fsp3) is 0.263. The van der Waals surface area contributed by atoms with Crippen molar-refractivity contribution in [2.75, 3.05) is 19.5 Å². The number of benzene rings is 2. The summed E-state index contributed by atoms with van der Waals surface area (Å²) in [5.74, 6) is -0.724. The number of halogens is 2. The standard InChI is InChI=1S/C19H18F2N2O2S2/c1-25-8-7-23-18-15(21)9-14(20)10-16(18)27-19(23)22-17(24)12-26-11-13-5-3-2-4-6-13/h2-6,9-10H,7-8,11-12H2,1H3. The van der Waals surface area contributed by atoms with Crippen molar-refractivity contribution in [1.82, 2.24) is 4.57 Å². The molecule has 1 heterocycles. The van der Waals surface area contributed by atoms with Crippen molar-refractivity contribution < 1.29 is 18.3 Å². The van der Waals surface area contributed by atoms with Gasteiger partial charge in [-0.1, -0.05) is 41.7 Å². The average molecular weight is 408 g/mol. The first-order valence-corrected chi connectivity index (χ1v) is 10.2. The number of carbonyl (C=O) groups excluding carboxylic acids is 1. The Labute approximate surface area is 163 Å². The minimum absolute atomic E-state index is 0.213. The summed E-state index contributed by atoms with van der Waals surface area (Å²) < 4.78 is 34.8. The highest BCUT2D eigenvalue weighted by atomic mass is 32.2. The normalized spacial score (nSPS) is 12.0. The monoisotopic (exact) mass is 408 g/mol. The minimum atomic E-state index is -0.676. The van der Waals surface area contributed by atoms with E-state index in [1.165, 1.54) is 24.9 Å². The van der Waals surface area contributed by atoms with Gasteiger partial charge in [-0.15, -0.1) is 11.8 Å². The summed E-state index contributed by atoms with van der Waals surface area (Å²) in [4.78, 5) is 16.7. The van der Waals surface area contributed by atoms with Gasteiger partial charge < -0.3 is 9.30 Å². The molecule has 4 nitrogen and oxygen atoms in total. The van der Waals surface area contributed by atoms with Gasteiger partial charge in [0.2, 0.25) is 0 Å². The third-order valence-electron chi connectivity index (χ3n) is 3.77. The Hall–Kier alpha value is -2.03. The van der Waals surface area contributed by atoms with Crippen LogP contribution in [-0.2, 0) is 21.8 Å². The van der Waals surface area contributed by atoms with Gasteiger partial charge in [-0.2, -0.15) is 4.99 Å². The molecule has 0 radical (unpaired) electrons. The van der Waals surface area contributed by atoms with E-state index in [1.54, 1.807) is 4.57 Å². The number of hydrogen-bond donors (Lipinski definition) is 0. The largest absolute Gasteiger partial charge is 0.383 e. The first-order chi connectivity index (χ1) is 13.1. The van der Waals surface area contributed by atoms with Gasteiger partial charge in [0.1, 0.15) is 5.82 Å².